The van der Waals surface area contributed by atoms with Gasteiger partial charge >= 0.3 is 0 Å². The van der Waals surface area contributed by atoms with Crippen molar-refractivity contribution in [1.29, 1.82) is 0 Å². The minimum absolute atomic E-state index is 0.210. The van der Waals surface area contributed by atoms with Gasteiger partial charge in [0.05, 0.1) is 5.02 Å². The minimum atomic E-state index is -0.210. The molecule has 82 valence electrons. The van der Waals surface area contributed by atoms with Crippen LogP contribution < -0.4 is 5.56 Å². The Morgan fingerprint density at radius 2 is 2.00 bits per heavy atom. The Morgan fingerprint density at radius 3 is 2.69 bits per heavy atom. The molecule has 0 bridgehead atoms. The van der Waals surface area contributed by atoms with E-state index in [1.165, 1.54) is 6.07 Å². The quantitative estimate of drug-likeness (QED) is 0.851. The average molecular weight is 255 g/mol. The van der Waals surface area contributed by atoms with E-state index in [2.05, 4.69) is 9.97 Å². The number of halogens is 2. The van der Waals surface area contributed by atoms with Crippen molar-refractivity contribution in [3.05, 3.63) is 50.4 Å². The summed E-state index contributed by atoms with van der Waals surface area (Å²) in [6, 6.07) is 6.44. The number of hydrogen-bond donors (Lipinski definition) is 1. The molecule has 0 aliphatic carbocycles. The van der Waals surface area contributed by atoms with Crippen molar-refractivity contribution in [1.82, 2.24) is 9.97 Å². The molecule has 0 amide bonds. The predicted molar refractivity (Wildman–Crippen MR) is 65.1 cm³/mol. The van der Waals surface area contributed by atoms with Crippen LogP contribution in [-0.4, -0.2) is 9.97 Å². The van der Waals surface area contributed by atoms with Crippen LogP contribution in [0.4, 0.5) is 0 Å². The summed E-state index contributed by atoms with van der Waals surface area (Å²) in [7, 11) is 0. The summed E-state index contributed by atoms with van der Waals surface area (Å²) in [5.41, 5.74) is 1.04. The van der Waals surface area contributed by atoms with Crippen molar-refractivity contribution < 1.29 is 0 Å². The lowest BCUT2D eigenvalue weighted by Gasteiger charge is -2.04. The maximum Gasteiger partial charge on any atom is 0.251 e. The number of nitrogens with one attached hydrogen (secondary N) is 1. The molecule has 0 saturated heterocycles. The molecule has 0 spiro atoms. The van der Waals surface area contributed by atoms with Gasteiger partial charge in [0.2, 0.25) is 0 Å². The van der Waals surface area contributed by atoms with Crippen molar-refractivity contribution in [2.45, 2.75) is 6.92 Å². The highest BCUT2D eigenvalue weighted by Gasteiger charge is 2.07. The first-order valence-electron chi connectivity index (χ1n) is 4.59. The highest BCUT2D eigenvalue weighted by Crippen LogP contribution is 2.27. The molecule has 16 heavy (non-hydrogen) atoms. The van der Waals surface area contributed by atoms with Crippen molar-refractivity contribution in [3.8, 4) is 11.4 Å². The van der Waals surface area contributed by atoms with E-state index in [1.807, 2.05) is 0 Å². The van der Waals surface area contributed by atoms with Gasteiger partial charge in [-0.1, -0.05) is 23.2 Å². The van der Waals surface area contributed by atoms with Gasteiger partial charge in [0.25, 0.3) is 5.56 Å². The van der Waals surface area contributed by atoms with Crippen LogP contribution in [0.25, 0.3) is 11.4 Å². The highest BCUT2D eigenvalue weighted by molar-refractivity contribution is 6.35. The van der Waals surface area contributed by atoms with Gasteiger partial charge in [-0.05, 0) is 25.1 Å². The Kier molecular flexibility index (Phi) is 2.99. The fourth-order valence-electron chi connectivity index (χ4n) is 1.39. The molecule has 0 unspecified atom stereocenters. The monoisotopic (exact) mass is 254 g/mol. The Hall–Kier alpha value is -1.32. The first kappa shape index (κ1) is 11.2. The van der Waals surface area contributed by atoms with Crippen LogP contribution in [-0.2, 0) is 0 Å². The van der Waals surface area contributed by atoms with Gasteiger partial charge in [-0.25, -0.2) is 4.98 Å². The van der Waals surface area contributed by atoms with E-state index in [-0.39, 0.29) is 5.56 Å². The lowest BCUT2D eigenvalue weighted by molar-refractivity contribution is 1.07. The SMILES string of the molecule is Cc1cc(=O)[nH]c(-c2cc(Cl)ccc2Cl)n1. The summed E-state index contributed by atoms with van der Waals surface area (Å²) in [6.07, 6.45) is 0. The van der Waals surface area contributed by atoms with E-state index in [0.717, 1.165) is 0 Å². The Bertz CT molecular complexity index is 593. The van der Waals surface area contributed by atoms with Gasteiger partial charge in [0.15, 0.2) is 0 Å². The number of H-pyrrole nitrogens is 1. The first-order chi connectivity index (χ1) is 7.56. The molecule has 2 aromatic rings. The molecule has 0 aliphatic heterocycles. The largest absolute Gasteiger partial charge is 0.306 e. The topological polar surface area (TPSA) is 45.8 Å². The molecule has 5 heteroatoms. The summed E-state index contributed by atoms with van der Waals surface area (Å²) in [5, 5.41) is 1.04. The zero-order valence-electron chi connectivity index (χ0n) is 8.42. The number of rotatable bonds is 1. The van der Waals surface area contributed by atoms with E-state index in [0.29, 0.717) is 27.1 Å². The second-order valence-corrected chi connectivity index (χ2v) is 4.20. The molecular weight excluding hydrogens is 247 g/mol. The summed E-state index contributed by atoms with van der Waals surface area (Å²) in [4.78, 5) is 18.1. The van der Waals surface area contributed by atoms with Crippen molar-refractivity contribution in [2.24, 2.45) is 0 Å². The lowest BCUT2D eigenvalue weighted by atomic mass is 10.2. The number of nitrogens with zero attached hydrogens (tertiary/aromatic N) is 1. The molecule has 0 aliphatic rings. The van der Waals surface area contributed by atoms with Gasteiger partial charge in [-0.3, -0.25) is 4.79 Å². The summed E-state index contributed by atoms with van der Waals surface area (Å²) in [5.74, 6) is 0.428. The maximum atomic E-state index is 11.3. The number of aromatic nitrogens is 2. The number of benzene rings is 1. The minimum Gasteiger partial charge on any atom is -0.306 e. The third-order valence-electron chi connectivity index (χ3n) is 2.05. The van der Waals surface area contributed by atoms with Crippen molar-refractivity contribution >= 4 is 23.2 Å². The van der Waals surface area contributed by atoms with Crippen molar-refractivity contribution in [2.75, 3.05) is 0 Å². The molecule has 1 N–H and O–H groups in total. The van der Waals surface area contributed by atoms with Crippen molar-refractivity contribution in [3.63, 3.8) is 0 Å². The lowest BCUT2D eigenvalue weighted by Crippen LogP contribution is -2.08. The molecule has 1 heterocycles. The molecule has 0 saturated carbocycles. The number of aromatic amines is 1. The Morgan fingerprint density at radius 1 is 1.25 bits per heavy atom. The molecule has 1 aromatic heterocycles. The second-order valence-electron chi connectivity index (χ2n) is 3.36. The molecule has 0 fully saturated rings. The predicted octanol–water partition coefficient (Wildman–Crippen LogP) is 3.05. The molecule has 3 nitrogen and oxygen atoms in total. The van der Waals surface area contributed by atoms with Crippen LogP contribution in [0.1, 0.15) is 5.69 Å². The fourth-order valence-corrected chi connectivity index (χ4v) is 1.76. The van der Waals surface area contributed by atoms with Gasteiger partial charge in [-0.15, -0.1) is 0 Å². The highest BCUT2D eigenvalue weighted by atomic mass is 35.5. The molecule has 1 aromatic carbocycles. The van der Waals surface area contributed by atoms with E-state index in [9.17, 15) is 4.79 Å². The van der Waals surface area contributed by atoms with Gasteiger partial charge in [0, 0.05) is 22.3 Å². The van der Waals surface area contributed by atoms with Crippen LogP contribution >= 0.6 is 23.2 Å². The maximum absolute atomic E-state index is 11.3. The van der Waals surface area contributed by atoms with E-state index in [4.69, 9.17) is 23.2 Å². The zero-order chi connectivity index (χ0) is 11.7. The molecular formula is C11H8Cl2N2O. The first-order valence-corrected chi connectivity index (χ1v) is 5.35. The Labute approximate surface area is 102 Å². The van der Waals surface area contributed by atoms with Gasteiger partial charge < -0.3 is 4.98 Å². The summed E-state index contributed by atoms with van der Waals surface area (Å²) < 4.78 is 0. The average Bonchev–Trinajstić information content (AvgIpc) is 2.20. The normalized spacial score (nSPS) is 10.4. The third-order valence-corrected chi connectivity index (χ3v) is 2.62. The molecule has 0 atom stereocenters. The number of hydrogen-bond acceptors (Lipinski definition) is 2. The van der Waals surface area contributed by atoms with Gasteiger partial charge in [0.1, 0.15) is 5.82 Å². The van der Waals surface area contributed by atoms with Crippen LogP contribution in [0.3, 0.4) is 0 Å². The fraction of sp³-hybridized carbons (Fsp3) is 0.0909. The van der Waals surface area contributed by atoms with Gasteiger partial charge in [-0.2, -0.15) is 0 Å². The number of aryl methyl sites for hydroxylation is 1. The van der Waals surface area contributed by atoms with Crippen LogP contribution in [0.2, 0.25) is 10.0 Å². The third kappa shape index (κ3) is 2.26. The standard InChI is InChI=1S/C11H8Cl2N2O/c1-6-4-10(16)15-11(14-6)8-5-7(12)2-3-9(8)13/h2-5H,1H3,(H,14,15,16). The van der Waals surface area contributed by atoms with E-state index in [1.54, 1.807) is 25.1 Å². The smallest absolute Gasteiger partial charge is 0.251 e. The summed E-state index contributed by atoms with van der Waals surface area (Å²) in [6.45, 7) is 1.75. The van der Waals surface area contributed by atoms with E-state index >= 15 is 0 Å². The second kappa shape index (κ2) is 4.28. The zero-order valence-corrected chi connectivity index (χ0v) is 9.93. The molecule has 2 rings (SSSR count). The Balaban J connectivity index is 2.66. The van der Waals surface area contributed by atoms with E-state index < -0.39 is 0 Å². The van der Waals surface area contributed by atoms with Crippen LogP contribution in [0.15, 0.2) is 29.1 Å². The molecule has 0 radical (unpaired) electrons. The van der Waals surface area contributed by atoms with Crippen LogP contribution in [0, 0.1) is 6.92 Å². The summed E-state index contributed by atoms with van der Waals surface area (Å²) >= 11 is 11.9. The van der Waals surface area contributed by atoms with Crippen LogP contribution in [0.5, 0.6) is 0 Å².